The van der Waals surface area contributed by atoms with Crippen LogP contribution in [0.3, 0.4) is 0 Å². The van der Waals surface area contributed by atoms with Crippen LogP contribution in [0.5, 0.6) is 0 Å². The lowest BCUT2D eigenvalue weighted by Crippen LogP contribution is -2.49. The van der Waals surface area contributed by atoms with Gasteiger partial charge in [0.05, 0.1) is 5.56 Å². The van der Waals surface area contributed by atoms with Crippen LogP contribution in [0.25, 0.3) is 0 Å². The van der Waals surface area contributed by atoms with E-state index in [1.165, 1.54) is 19.3 Å². The van der Waals surface area contributed by atoms with Gasteiger partial charge in [-0.1, -0.05) is 18.6 Å². The van der Waals surface area contributed by atoms with Crippen LogP contribution in [0, 0.1) is 0 Å². The van der Waals surface area contributed by atoms with Crippen LogP contribution >= 0.6 is 27.7 Å². The fourth-order valence-electron chi connectivity index (χ4n) is 3.32. The quantitative estimate of drug-likeness (QED) is 0.599. The summed E-state index contributed by atoms with van der Waals surface area (Å²) >= 11 is 5.07. The van der Waals surface area contributed by atoms with E-state index in [9.17, 15) is 9.59 Å². The molecule has 1 heterocycles. The first-order valence-electron chi connectivity index (χ1n) is 9.59. The molecule has 1 aromatic carbocycles. The maximum atomic E-state index is 12.7. The third-order valence-corrected chi connectivity index (χ3v) is 6.33. The van der Waals surface area contributed by atoms with Crippen LogP contribution < -0.4 is 10.6 Å². The molecule has 0 saturated carbocycles. The monoisotopic (exact) mass is 455 g/mol. The normalized spacial score (nSPS) is 18.7. The fourth-order valence-corrected chi connectivity index (χ4v) is 4.26. The molecule has 2 atom stereocenters. The van der Waals surface area contributed by atoms with Crippen LogP contribution in [0.4, 0.5) is 0 Å². The molecule has 2 amide bonds. The van der Waals surface area contributed by atoms with E-state index in [2.05, 4.69) is 38.4 Å². The van der Waals surface area contributed by atoms with Gasteiger partial charge in [-0.3, -0.25) is 14.5 Å². The van der Waals surface area contributed by atoms with Gasteiger partial charge in [-0.25, -0.2) is 0 Å². The Kier molecular flexibility index (Phi) is 9.65. The Bertz CT molecular complexity index is 629. The highest BCUT2D eigenvalue weighted by molar-refractivity contribution is 9.10. The van der Waals surface area contributed by atoms with Gasteiger partial charge in [-0.05, 0) is 72.8 Å². The summed E-state index contributed by atoms with van der Waals surface area (Å²) in [6, 6.07) is 7.32. The molecule has 1 aromatic rings. The smallest absolute Gasteiger partial charge is 0.253 e. The number of rotatable bonds is 9. The highest BCUT2D eigenvalue weighted by atomic mass is 79.9. The largest absolute Gasteiger partial charge is 0.353 e. The van der Waals surface area contributed by atoms with Crippen LogP contribution in [-0.4, -0.2) is 60.4 Å². The molecule has 2 unspecified atom stereocenters. The summed E-state index contributed by atoms with van der Waals surface area (Å²) < 4.78 is 0.727. The molecule has 2 rings (SSSR count). The fraction of sp³-hybridized carbons (Fsp3) is 0.600. The number of piperidine rings is 1. The molecular weight excluding hydrogens is 426 g/mol. The van der Waals surface area contributed by atoms with Crippen molar-refractivity contribution in [3.63, 3.8) is 0 Å². The number of carbonyl (C=O) groups is 2. The second-order valence-corrected chi connectivity index (χ2v) is 8.80. The number of hydrogen-bond acceptors (Lipinski definition) is 4. The molecular formula is C20H30BrN3O2S. The molecule has 27 heavy (non-hydrogen) atoms. The number of amides is 2. The van der Waals surface area contributed by atoms with E-state index in [-0.39, 0.29) is 11.8 Å². The Morgan fingerprint density at radius 2 is 2.11 bits per heavy atom. The van der Waals surface area contributed by atoms with Gasteiger partial charge in [0.15, 0.2) is 0 Å². The molecule has 0 bridgehead atoms. The number of hydrogen-bond donors (Lipinski definition) is 2. The van der Waals surface area contributed by atoms with Crippen molar-refractivity contribution in [3.8, 4) is 0 Å². The van der Waals surface area contributed by atoms with Gasteiger partial charge in [0.2, 0.25) is 5.91 Å². The Balaban J connectivity index is 1.88. The topological polar surface area (TPSA) is 61.4 Å². The highest BCUT2D eigenvalue weighted by Crippen LogP contribution is 2.17. The molecule has 150 valence electrons. The average molecular weight is 456 g/mol. The Hall–Kier alpha value is -1.05. The van der Waals surface area contributed by atoms with E-state index in [1.807, 2.05) is 24.5 Å². The summed E-state index contributed by atoms with van der Waals surface area (Å²) in [5, 5.41) is 5.91. The first-order chi connectivity index (χ1) is 13.0. The lowest BCUT2D eigenvalue weighted by atomic mass is 10.0. The zero-order valence-electron chi connectivity index (χ0n) is 16.2. The minimum atomic E-state index is -0.518. The average Bonchev–Trinajstić information content (AvgIpc) is 2.66. The Morgan fingerprint density at radius 1 is 1.33 bits per heavy atom. The second kappa shape index (κ2) is 11.7. The minimum Gasteiger partial charge on any atom is -0.353 e. The molecule has 0 aromatic heterocycles. The third kappa shape index (κ3) is 7.12. The molecule has 7 heteroatoms. The van der Waals surface area contributed by atoms with Crippen molar-refractivity contribution in [3.05, 3.63) is 34.3 Å². The first kappa shape index (κ1) is 22.2. The Morgan fingerprint density at radius 3 is 2.81 bits per heavy atom. The molecule has 1 saturated heterocycles. The van der Waals surface area contributed by atoms with Gasteiger partial charge in [0, 0.05) is 23.6 Å². The van der Waals surface area contributed by atoms with Crippen LogP contribution in [0.1, 0.15) is 43.0 Å². The number of halogens is 1. The van der Waals surface area contributed by atoms with Crippen LogP contribution in [0.15, 0.2) is 28.7 Å². The summed E-state index contributed by atoms with van der Waals surface area (Å²) in [7, 11) is 0. The summed E-state index contributed by atoms with van der Waals surface area (Å²) in [6.07, 6.45) is 6.37. The SMILES string of the molecule is CSCCC(NC(=O)c1ccccc1Br)C(=O)NCCN1CCCCC1C. The summed E-state index contributed by atoms with van der Waals surface area (Å²) in [4.78, 5) is 27.7. The summed E-state index contributed by atoms with van der Waals surface area (Å²) in [5.74, 6) is 0.486. The highest BCUT2D eigenvalue weighted by Gasteiger charge is 2.23. The van der Waals surface area contributed by atoms with Crippen molar-refractivity contribution >= 4 is 39.5 Å². The van der Waals surface area contributed by atoms with Crippen molar-refractivity contribution in [1.82, 2.24) is 15.5 Å². The number of nitrogens with one attached hydrogen (secondary N) is 2. The van der Waals surface area contributed by atoms with Crippen LogP contribution in [-0.2, 0) is 4.79 Å². The van der Waals surface area contributed by atoms with Gasteiger partial charge in [0.1, 0.15) is 6.04 Å². The number of benzene rings is 1. The first-order valence-corrected chi connectivity index (χ1v) is 11.8. The lowest BCUT2D eigenvalue weighted by Gasteiger charge is -2.33. The van der Waals surface area contributed by atoms with E-state index in [0.717, 1.165) is 23.3 Å². The molecule has 0 aliphatic carbocycles. The molecule has 1 aliphatic rings. The standard InChI is InChI=1S/C20H30BrN3O2S/c1-15-7-5-6-12-24(15)13-11-22-20(26)18(10-14-27-2)23-19(25)16-8-3-4-9-17(16)21/h3-4,8-9,15,18H,5-7,10-14H2,1-2H3,(H,22,26)(H,23,25). The summed E-state index contributed by atoms with van der Waals surface area (Å²) in [6.45, 7) is 4.83. The van der Waals surface area contributed by atoms with E-state index in [4.69, 9.17) is 0 Å². The van der Waals surface area contributed by atoms with E-state index in [1.54, 1.807) is 17.8 Å². The van der Waals surface area contributed by atoms with Gasteiger partial charge < -0.3 is 10.6 Å². The van der Waals surface area contributed by atoms with Crippen molar-refractivity contribution in [2.24, 2.45) is 0 Å². The predicted molar refractivity (Wildman–Crippen MR) is 116 cm³/mol. The van der Waals surface area contributed by atoms with Crippen molar-refractivity contribution in [1.29, 1.82) is 0 Å². The third-order valence-electron chi connectivity index (χ3n) is 4.99. The molecule has 5 nitrogen and oxygen atoms in total. The van der Waals surface area contributed by atoms with E-state index >= 15 is 0 Å². The zero-order chi connectivity index (χ0) is 19.6. The molecule has 0 spiro atoms. The summed E-state index contributed by atoms with van der Waals surface area (Å²) in [5.41, 5.74) is 0.543. The van der Waals surface area contributed by atoms with Crippen LogP contribution in [0.2, 0.25) is 0 Å². The maximum Gasteiger partial charge on any atom is 0.253 e. The maximum absolute atomic E-state index is 12.7. The number of thioether (sulfide) groups is 1. The van der Waals surface area contributed by atoms with Gasteiger partial charge in [0.25, 0.3) is 5.91 Å². The molecule has 2 N–H and O–H groups in total. The van der Waals surface area contributed by atoms with Gasteiger partial charge >= 0.3 is 0 Å². The lowest BCUT2D eigenvalue weighted by molar-refractivity contribution is -0.123. The molecule has 0 radical (unpaired) electrons. The molecule has 1 aliphatic heterocycles. The van der Waals surface area contributed by atoms with Crippen molar-refractivity contribution < 1.29 is 9.59 Å². The number of nitrogens with zero attached hydrogens (tertiary/aromatic N) is 1. The van der Waals surface area contributed by atoms with E-state index in [0.29, 0.717) is 24.6 Å². The van der Waals surface area contributed by atoms with Gasteiger partial charge in [-0.2, -0.15) is 11.8 Å². The Labute approximate surface area is 175 Å². The van der Waals surface area contributed by atoms with Crippen molar-refractivity contribution in [2.45, 2.75) is 44.7 Å². The predicted octanol–water partition coefficient (Wildman–Crippen LogP) is 3.29. The zero-order valence-corrected chi connectivity index (χ0v) is 18.6. The van der Waals surface area contributed by atoms with Gasteiger partial charge in [-0.15, -0.1) is 0 Å². The number of carbonyl (C=O) groups excluding carboxylic acids is 2. The van der Waals surface area contributed by atoms with E-state index < -0.39 is 6.04 Å². The van der Waals surface area contributed by atoms with Crippen molar-refractivity contribution in [2.75, 3.05) is 31.6 Å². The number of likely N-dealkylation sites (tertiary alicyclic amines) is 1. The minimum absolute atomic E-state index is 0.103. The molecule has 1 fully saturated rings. The second-order valence-electron chi connectivity index (χ2n) is 6.96.